The molecule has 7 nitrogen and oxygen atoms in total. The molecule has 23 heavy (non-hydrogen) atoms. The first-order valence-corrected chi connectivity index (χ1v) is 8.88. The SMILES string of the molecule is CC(=O)Nc1ccc(S(=O)(=O)NCC2(O)CCOCC2)c(C)c1. The van der Waals surface area contributed by atoms with Crippen LogP contribution in [0.2, 0.25) is 0 Å². The maximum atomic E-state index is 12.4. The number of hydrogen-bond donors (Lipinski definition) is 3. The molecule has 8 heteroatoms. The van der Waals surface area contributed by atoms with E-state index in [1.807, 2.05) is 0 Å². The summed E-state index contributed by atoms with van der Waals surface area (Å²) in [5.41, 5.74) is -0.0188. The van der Waals surface area contributed by atoms with Gasteiger partial charge in [-0.25, -0.2) is 13.1 Å². The quantitative estimate of drug-likeness (QED) is 0.733. The second-order valence-corrected chi connectivity index (χ2v) is 7.56. The zero-order valence-electron chi connectivity index (χ0n) is 13.3. The number of carbonyl (C=O) groups is 1. The molecule has 1 amide bonds. The lowest BCUT2D eigenvalue weighted by Crippen LogP contribution is -2.46. The first-order chi connectivity index (χ1) is 10.7. The van der Waals surface area contributed by atoms with Crippen molar-refractivity contribution < 1.29 is 23.1 Å². The van der Waals surface area contributed by atoms with Gasteiger partial charge in [-0.2, -0.15) is 0 Å². The van der Waals surface area contributed by atoms with Crippen LogP contribution in [0, 0.1) is 6.92 Å². The fourth-order valence-corrected chi connectivity index (χ4v) is 3.81. The molecule has 1 fully saturated rings. The lowest BCUT2D eigenvalue weighted by Gasteiger charge is -2.32. The summed E-state index contributed by atoms with van der Waals surface area (Å²) in [6, 6.07) is 4.57. The zero-order chi connectivity index (χ0) is 17.1. The standard InChI is InChI=1S/C15H22N2O5S/c1-11-9-13(17-12(2)18)3-4-14(11)23(20,21)16-10-15(19)5-7-22-8-6-15/h3-4,9,16,19H,5-8,10H2,1-2H3,(H,17,18). The van der Waals surface area contributed by atoms with Crippen molar-refractivity contribution in [2.24, 2.45) is 0 Å². The van der Waals surface area contributed by atoms with Gasteiger partial charge in [0.1, 0.15) is 0 Å². The van der Waals surface area contributed by atoms with E-state index >= 15 is 0 Å². The van der Waals surface area contributed by atoms with E-state index in [4.69, 9.17) is 4.74 Å². The number of amides is 1. The van der Waals surface area contributed by atoms with Crippen LogP contribution in [-0.4, -0.2) is 44.8 Å². The van der Waals surface area contributed by atoms with Gasteiger partial charge in [0, 0.05) is 45.2 Å². The smallest absolute Gasteiger partial charge is 0.240 e. The Morgan fingerprint density at radius 2 is 2.00 bits per heavy atom. The number of hydrogen-bond acceptors (Lipinski definition) is 5. The monoisotopic (exact) mass is 342 g/mol. The number of carbonyl (C=O) groups excluding carboxylic acids is 1. The highest BCUT2D eigenvalue weighted by molar-refractivity contribution is 7.89. The third-order valence-electron chi connectivity index (χ3n) is 3.80. The summed E-state index contributed by atoms with van der Waals surface area (Å²) in [7, 11) is -3.74. The average Bonchev–Trinajstić information content (AvgIpc) is 2.45. The van der Waals surface area contributed by atoms with E-state index in [9.17, 15) is 18.3 Å². The number of aliphatic hydroxyl groups is 1. The van der Waals surface area contributed by atoms with E-state index in [-0.39, 0.29) is 17.3 Å². The van der Waals surface area contributed by atoms with E-state index in [0.717, 1.165) is 0 Å². The molecule has 128 valence electrons. The van der Waals surface area contributed by atoms with E-state index in [2.05, 4.69) is 10.0 Å². The van der Waals surface area contributed by atoms with E-state index in [1.54, 1.807) is 13.0 Å². The van der Waals surface area contributed by atoms with E-state index in [0.29, 0.717) is 37.3 Å². The summed E-state index contributed by atoms with van der Waals surface area (Å²) in [6.45, 7) is 3.83. The van der Waals surface area contributed by atoms with Gasteiger partial charge < -0.3 is 15.2 Å². The van der Waals surface area contributed by atoms with Gasteiger partial charge in [0.2, 0.25) is 15.9 Å². The van der Waals surface area contributed by atoms with Gasteiger partial charge in [0.15, 0.2) is 0 Å². The molecule has 1 aromatic rings. The molecule has 0 bridgehead atoms. The number of anilines is 1. The molecule has 1 aliphatic heterocycles. The van der Waals surface area contributed by atoms with Gasteiger partial charge in [-0.15, -0.1) is 0 Å². The molecule has 2 rings (SSSR count). The number of ether oxygens (including phenoxy) is 1. The Morgan fingerprint density at radius 1 is 1.35 bits per heavy atom. The predicted molar refractivity (Wildman–Crippen MR) is 85.7 cm³/mol. The highest BCUT2D eigenvalue weighted by Crippen LogP contribution is 2.22. The lowest BCUT2D eigenvalue weighted by atomic mass is 9.95. The highest BCUT2D eigenvalue weighted by Gasteiger charge is 2.31. The maximum absolute atomic E-state index is 12.4. The van der Waals surface area contributed by atoms with Crippen molar-refractivity contribution in [1.82, 2.24) is 4.72 Å². The molecule has 1 saturated heterocycles. The summed E-state index contributed by atoms with van der Waals surface area (Å²) in [6.07, 6.45) is 0.798. The molecule has 0 unspecified atom stereocenters. The summed E-state index contributed by atoms with van der Waals surface area (Å²) in [5.74, 6) is -0.222. The van der Waals surface area contributed by atoms with Crippen LogP contribution in [0.1, 0.15) is 25.3 Å². The topological polar surface area (TPSA) is 105 Å². The third kappa shape index (κ3) is 4.74. The van der Waals surface area contributed by atoms with E-state index < -0.39 is 15.6 Å². The van der Waals surface area contributed by atoms with Crippen molar-refractivity contribution in [3.05, 3.63) is 23.8 Å². The molecular weight excluding hydrogens is 320 g/mol. The van der Waals surface area contributed by atoms with Crippen LogP contribution >= 0.6 is 0 Å². The Morgan fingerprint density at radius 3 is 2.57 bits per heavy atom. The van der Waals surface area contributed by atoms with Gasteiger partial charge in [-0.1, -0.05) is 0 Å². The molecule has 1 heterocycles. The molecule has 0 radical (unpaired) electrons. The summed E-state index contributed by atoms with van der Waals surface area (Å²) in [5, 5.41) is 12.9. The molecule has 0 saturated carbocycles. The Hall–Kier alpha value is -1.48. The minimum Gasteiger partial charge on any atom is -0.388 e. The van der Waals surface area contributed by atoms with Crippen molar-refractivity contribution in [2.75, 3.05) is 25.1 Å². The first kappa shape index (κ1) is 17.9. The Balaban J connectivity index is 2.11. The van der Waals surface area contributed by atoms with Gasteiger partial charge >= 0.3 is 0 Å². The fourth-order valence-electron chi connectivity index (χ4n) is 2.47. The molecule has 1 aromatic carbocycles. The fraction of sp³-hybridized carbons (Fsp3) is 0.533. The first-order valence-electron chi connectivity index (χ1n) is 7.40. The largest absolute Gasteiger partial charge is 0.388 e. The molecule has 0 aliphatic carbocycles. The molecule has 0 atom stereocenters. The van der Waals surface area contributed by atoms with Crippen molar-refractivity contribution in [2.45, 2.75) is 37.2 Å². The third-order valence-corrected chi connectivity index (χ3v) is 5.36. The van der Waals surface area contributed by atoms with Gasteiger partial charge in [-0.3, -0.25) is 4.79 Å². The van der Waals surface area contributed by atoms with Crippen LogP contribution in [0.3, 0.4) is 0 Å². The van der Waals surface area contributed by atoms with Crippen LogP contribution in [0.4, 0.5) is 5.69 Å². The highest BCUT2D eigenvalue weighted by atomic mass is 32.2. The van der Waals surface area contributed by atoms with Gasteiger partial charge in [0.25, 0.3) is 0 Å². The number of sulfonamides is 1. The number of benzene rings is 1. The molecule has 1 aliphatic rings. The number of aryl methyl sites for hydroxylation is 1. The average molecular weight is 342 g/mol. The summed E-state index contributed by atoms with van der Waals surface area (Å²) < 4.78 is 32.5. The molecule has 0 aromatic heterocycles. The molecule has 0 spiro atoms. The van der Waals surface area contributed by atoms with Crippen molar-refractivity contribution in [1.29, 1.82) is 0 Å². The van der Waals surface area contributed by atoms with Gasteiger partial charge in [0.05, 0.1) is 10.5 Å². The predicted octanol–water partition coefficient (Wildman–Crippen LogP) is 0.773. The van der Waals surface area contributed by atoms with Crippen LogP contribution in [-0.2, 0) is 19.6 Å². The zero-order valence-corrected chi connectivity index (χ0v) is 14.1. The number of nitrogens with one attached hydrogen (secondary N) is 2. The van der Waals surface area contributed by atoms with Crippen LogP contribution in [0.15, 0.2) is 23.1 Å². The minimum atomic E-state index is -3.74. The van der Waals surface area contributed by atoms with Crippen molar-refractivity contribution in [3.8, 4) is 0 Å². The minimum absolute atomic E-state index is 0.0500. The van der Waals surface area contributed by atoms with Crippen LogP contribution in [0.25, 0.3) is 0 Å². The van der Waals surface area contributed by atoms with Crippen LogP contribution in [0.5, 0.6) is 0 Å². The summed E-state index contributed by atoms with van der Waals surface area (Å²) >= 11 is 0. The van der Waals surface area contributed by atoms with Crippen molar-refractivity contribution >= 4 is 21.6 Å². The summed E-state index contributed by atoms with van der Waals surface area (Å²) in [4.78, 5) is 11.2. The Kier molecular flexibility index (Phi) is 5.41. The second kappa shape index (κ2) is 6.96. The molecular formula is C15H22N2O5S. The number of rotatable bonds is 5. The Labute approximate surface area is 136 Å². The lowest BCUT2D eigenvalue weighted by molar-refractivity contribution is -0.114. The maximum Gasteiger partial charge on any atom is 0.240 e. The van der Waals surface area contributed by atoms with Gasteiger partial charge in [-0.05, 0) is 30.7 Å². The van der Waals surface area contributed by atoms with Crippen molar-refractivity contribution in [3.63, 3.8) is 0 Å². The van der Waals surface area contributed by atoms with Crippen LogP contribution < -0.4 is 10.0 Å². The second-order valence-electron chi connectivity index (χ2n) is 5.82. The van der Waals surface area contributed by atoms with E-state index in [1.165, 1.54) is 19.1 Å². The Bertz CT molecular complexity index is 681. The normalized spacial score (nSPS) is 17.7. The molecule has 3 N–H and O–H groups in total.